The molecule has 1 N–H and O–H groups in total. The lowest BCUT2D eigenvalue weighted by Gasteiger charge is -2.28. The molecule has 1 fully saturated rings. The molecule has 2 aliphatic rings. The Balaban J connectivity index is 1.53. The van der Waals surface area contributed by atoms with Crippen LogP contribution in [0.15, 0.2) is 54.6 Å². The summed E-state index contributed by atoms with van der Waals surface area (Å²) < 4.78 is 0. The number of hydrogen-bond acceptors (Lipinski definition) is 2. The van der Waals surface area contributed by atoms with Gasteiger partial charge in [0.2, 0.25) is 0 Å². The molecule has 0 bridgehead atoms. The predicted octanol–water partition coefficient (Wildman–Crippen LogP) is 3.33. The lowest BCUT2D eigenvalue weighted by molar-refractivity contribution is 0.318. The molecule has 2 aliphatic heterocycles. The third-order valence-electron chi connectivity index (χ3n) is 4.68. The summed E-state index contributed by atoms with van der Waals surface area (Å²) >= 11 is 0. The molecule has 2 atom stereocenters. The van der Waals surface area contributed by atoms with Gasteiger partial charge >= 0.3 is 0 Å². The maximum Gasteiger partial charge on any atom is 0.0376 e. The van der Waals surface area contributed by atoms with Crippen LogP contribution in [0.2, 0.25) is 0 Å². The van der Waals surface area contributed by atoms with Gasteiger partial charge in [0.1, 0.15) is 0 Å². The van der Waals surface area contributed by atoms with Gasteiger partial charge < -0.3 is 5.32 Å². The van der Waals surface area contributed by atoms with Gasteiger partial charge in [-0.05, 0) is 23.1 Å². The molecule has 20 heavy (non-hydrogen) atoms. The molecule has 2 heterocycles. The van der Waals surface area contributed by atoms with Gasteiger partial charge in [-0.3, -0.25) is 4.90 Å². The normalized spacial score (nSPS) is 24.8. The second kappa shape index (κ2) is 4.95. The van der Waals surface area contributed by atoms with Crippen molar-refractivity contribution in [3.8, 4) is 0 Å². The van der Waals surface area contributed by atoms with Crippen molar-refractivity contribution in [2.75, 3.05) is 25.0 Å². The van der Waals surface area contributed by atoms with E-state index in [0.29, 0.717) is 5.92 Å². The van der Waals surface area contributed by atoms with Crippen molar-refractivity contribution in [3.05, 3.63) is 65.7 Å². The van der Waals surface area contributed by atoms with Gasteiger partial charge in [-0.25, -0.2) is 0 Å². The van der Waals surface area contributed by atoms with E-state index in [2.05, 4.69) is 64.8 Å². The molecule has 0 amide bonds. The van der Waals surface area contributed by atoms with E-state index in [1.54, 1.807) is 0 Å². The predicted molar refractivity (Wildman–Crippen MR) is 82.9 cm³/mol. The van der Waals surface area contributed by atoms with E-state index >= 15 is 0 Å². The molecule has 1 saturated heterocycles. The summed E-state index contributed by atoms with van der Waals surface area (Å²) in [5.41, 5.74) is 4.28. The van der Waals surface area contributed by atoms with E-state index in [4.69, 9.17) is 0 Å². The van der Waals surface area contributed by atoms with Crippen molar-refractivity contribution < 1.29 is 0 Å². The Hall–Kier alpha value is -1.80. The van der Waals surface area contributed by atoms with Gasteiger partial charge in [0.05, 0.1) is 0 Å². The number of anilines is 1. The molecule has 0 unspecified atom stereocenters. The zero-order valence-electron chi connectivity index (χ0n) is 11.6. The van der Waals surface area contributed by atoms with Crippen molar-refractivity contribution in [1.29, 1.82) is 0 Å². The third-order valence-corrected chi connectivity index (χ3v) is 4.68. The minimum atomic E-state index is 0.705. The van der Waals surface area contributed by atoms with Crippen molar-refractivity contribution in [2.24, 2.45) is 5.92 Å². The maximum absolute atomic E-state index is 3.59. The average Bonchev–Trinajstić information content (AvgIpc) is 2.91. The van der Waals surface area contributed by atoms with E-state index in [1.165, 1.54) is 29.9 Å². The maximum atomic E-state index is 3.59. The highest BCUT2D eigenvalue weighted by Gasteiger charge is 2.37. The fraction of sp³-hybridized carbons (Fsp3) is 0.333. The summed E-state index contributed by atoms with van der Waals surface area (Å²) in [6.07, 6.45) is 0. The van der Waals surface area contributed by atoms with Gasteiger partial charge in [-0.15, -0.1) is 0 Å². The fourth-order valence-corrected chi connectivity index (χ4v) is 3.71. The first-order chi connectivity index (χ1) is 9.90. The van der Waals surface area contributed by atoms with Gasteiger partial charge in [0.15, 0.2) is 0 Å². The molecule has 4 rings (SSSR count). The van der Waals surface area contributed by atoms with Crippen LogP contribution >= 0.6 is 0 Å². The lowest BCUT2D eigenvalue weighted by atomic mass is 9.85. The molecule has 0 saturated carbocycles. The van der Waals surface area contributed by atoms with Crippen molar-refractivity contribution in [3.63, 3.8) is 0 Å². The van der Waals surface area contributed by atoms with E-state index in [-0.39, 0.29) is 0 Å². The highest BCUT2D eigenvalue weighted by Crippen LogP contribution is 2.40. The molecule has 0 spiro atoms. The van der Waals surface area contributed by atoms with Crippen LogP contribution < -0.4 is 5.32 Å². The van der Waals surface area contributed by atoms with Crippen LogP contribution in [0.4, 0.5) is 5.69 Å². The Morgan fingerprint density at radius 1 is 0.950 bits per heavy atom. The lowest BCUT2D eigenvalue weighted by Crippen LogP contribution is -2.26. The highest BCUT2D eigenvalue weighted by molar-refractivity contribution is 5.55. The zero-order chi connectivity index (χ0) is 13.4. The summed E-state index contributed by atoms with van der Waals surface area (Å²) in [5, 5.41) is 3.59. The summed E-state index contributed by atoms with van der Waals surface area (Å²) in [5.74, 6) is 1.46. The SMILES string of the molecule is c1ccc(CN2C[C@@H]3CNc4ccccc4[C@H]3C2)cc1. The zero-order valence-corrected chi connectivity index (χ0v) is 11.6. The quantitative estimate of drug-likeness (QED) is 0.895. The molecule has 2 aromatic rings. The minimum Gasteiger partial charge on any atom is -0.384 e. The van der Waals surface area contributed by atoms with Crippen LogP contribution in [0.25, 0.3) is 0 Å². The molecule has 2 heteroatoms. The second-order valence-corrected chi connectivity index (χ2v) is 6.01. The summed E-state index contributed by atoms with van der Waals surface area (Å²) in [6.45, 7) is 4.60. The number of benzene rings is 2. The number of nitrogens with zero attached hydrogens (tertiary/aromatic N) is 1. The molecular formula is C18H20N2. The van der Waals surface area contributed by atoms with E-state index in [9.17, 15) is 0 Å². The Morgan fingerprint density at radius 3 is 2.65 bits per heavy atom. The number of likely N-dealkylation sites (tertiary alicyclic amines) is 1. The average molecular weight is 264 g/mol. The second-order valence-electron chi connectivity index (χ2n) is 6.01. The smallest absolute Gasteiger partial charge is 0.0376 e. The van der Waals surface area contributed by atoms with Gasteiger partial charge in [-0.2, -0.15) is 0 Å². The summed E-state index contributed by atoms with van der Waals surface area (Å²) in [4.78, 5) is 2.61. The van der Waals surface area contributed by atoms with Crippen molar-refractivity contribution in [1.82, 2.24) is 4.90 Å². The molecule has 2 aromatic carbocycles. The molecule has 0 aliphatic carbocycles. The first-order valence-electron chi connectivity index (χ1n) is 7.49. The van der Waals surface area contributed by atoms with E-state index in [0.717, 1.165) is 19.0 Å². The molecule has 2 nitrogen and oxygen atoms in total. The van der Waals surface area contributed by atoms with Crippen LogP contribution in [0.1, 0.15) is 17.0 Å². The van der Waals surface area contributed by atoms with Crippen LogP contribution in [-0.2, 0) is 6.54 Å². The Labute approximate surface area is 120 Å². The number of para-hydroxylation sites is 1. The summed E-state index contributed by atoms with van der Waals surface area (Å²) in [6, 6.07) is 19.6. The van der Waals surface area contributed by atoms with E-state index < -0.39 is 0 Å². The minimum absolute atomic E-state index is 0.705. The Bertz CT molecular complexity index is 593. The fourth-order valence-electron chi connectivity index (χ4n) is 3.71. The standard InChI is InChI=1S/C18H20N2/c1-2-6-14(7-3-1)11-20-12-15-10-19-18-9-5-4-8-16(18)17(15)13-20/h1-9,15,17,19H,10-13H2/t15-,17-/m0/s1. The molecule has 102 valence electrons. The largest absolute Gasteiger partial charge is 0.384 e. The number of hydrogen-bond donors (Lipinski definition) is 1. The first kappa shape index (κ1) is 12.0. The number of rotatable bonds is 2. The summed E-state index contributed by atoms with van der Waals surface area (Å²) in [7, 11) is 0. The Kier molecular flexibility index (Phi) is 2.96. The monoisotopic (exact) mass is 264 g/mol. The third kappa shape index (κ3) is 2.10. The first-order valence-corrected chi connectivity index (χ1v) is 7.49. The van der Waals surface area contributed by atoms with Gasteiger partial charge in [-0.1, -0.05) is 48.5 Å². The van der Waals surface area contributed by atoms with Crippen LogP contribution in [0.5, 0.6) is 0 Å². The van der Waals surface area contributed by atoms with Crippen LogP contribution in [-0.4, -0.2) is 24.5 Å². The van der Waals surface area contributed by atoms with E-state index in [1.807, 2.05) is 0 Å². The topological polar surface area (TPSA) is 15.3 Å². The molecular weight excluding hydrogens is 244 g/mol. The molecule has 0 aromatic heterocycles. The van der Waals surface area contributed by atoms with Gasteiger partial charge in [0, 0.05) is 37.8 Å². The van der Waals surface area contributed by atoms with Crippen LogP contribution in [0, 0.1) is 5.92 Å². The number of nitrogens with one attached hydrogen (secondary N) is 1. The highest BCUT2D eigenvalue weighted by atomic mass is 15.2. The molecule has 0 radical (unpaired) electrons. The van der Waals surface area contributed by atoms with Crippen LogP contribution in [0.3, 0.4) is 0 Å². The van der Waals surface area contributed by atoms with Gasteiger partial charge in [0.25, 0.3) is 0 Å². The number of fused-ring (bicyclic) bond motifs is 3. The van der Waals surface area contributed by atoms with Crippen molar-refractivity contribution in [2.45, 2.75) is 12.5 Å². The van der Waals surface area contributed by atoms with Crippen molar-refractivity contribution >= 4 is 5.69 Å². The Morgan fingerprint density at radius 2 is 1.75 bits per heavy atom.